The van der Waals surface area contributed by atoms with Gasteiger partial charge in [-0.2, -0.15) is 0 Å². The van der Waals surface area contributed by atoms with Gasteiger partial charge in [0.1, 0.15) is 6.04 Å². The lowest BCUT2D eigenvalue weighted by atomic mass is 10.0. The largest absolute Gasteiger partial charge is 0.375 e. The lowest BCUT2D eigenvalue weighted by Gasteiger charge is -2.23. The summed E-state index contributed by atoms with van der Waals surface area (Å²) in [4.78, 5) is 27.3. The Labute approximate surface area is 168 Å². The van der Waals surface area contributed by atoms with E-state index >= 15 is 0 Å². The van der Waals surface area contributed by atoms with Gasteiger partial charge in [0.05, 0.1) is 0 Å². The summed E-state index contributed by atoms with van der Waals surface area (Å²) in [7, 11) is 2.04. The monoisotopic (exact) mass is 381 g/mol. The Hall–Kier alpha value is -2.82. The van der Waals surface area contributed by atoms with E-state index in [1.54, 1.807) is 6.07 Å². The average molecular weight is 382 g/mol. The first-order chi connectivity index (χ1) is 13.4. The van der Waals surface area contributed by atoms with E-state index in [4.69, 9.17) is 0 Å². The van der Waals surface area contributed by atoms with Crippen molar-refractivity contribution in [3.8, 4) is 0 Å². The van der Waals surface area contributed by atoms with Crippen molar-refractivity contribution in [1.29, 1.82) is 0 Å². The van der Waals surface area contributed by atoms with Crippen molar-refractivity contribution in [2.24, 2.45) is 5.92 Å². The Morgan fingerprint density at radius 3 is 2.29 bits per heavy atom. The molecule has 2 aromatic rings. The van der Waals surface area contributed by atoms with E-state index < -0.39 is 6.04 Å². The summed E-state index contributed by atoms with van der Waals surface area (Å²) < 4.78 is 0. The van der Waals surface area contributed by atoms with Crippen LogP contribution in [0.4, 0.5) is 5.69 Å². The van der Waals surface area contributed by atoms with Gasteiger partial charge in [0.15, 0.2) is 0 Å². The maximum absolute atomic E-state index is 12.6. The second-order valence-corrected chi connectivity index (χ2v) is 7.41. The molecule has 2 aromatic carbocycles. The molecule has 5 nitrogen and oxygen atoms in total. The highest BCUT2D eigenvalue weighted by Gasteiger charge is 2.24. The summed E-state index contributed by atoms with van der Waals surface area (Å²) in [6, 6.07) is 17.0. The van der Waals surface area contributed by atoms with Crippen LogP contribution in [0.2, 0.25) is 0 Å². The standard InChI is InChI=1S/C23H31N3O2/c1-17(2)21(25-22(27)20-14-9-8-11-18(20)3)23(28)24-15-10-16-26(4)19-12-6-5-7-13-19/h5-9,11-14,17,21H,10,15-16H2,1-4H3,(H,24,28)(H,25,27). The van der Waals surface area contributed by atoms with Gasteiger partial charge < -0.3 is 15.5 Å². The molecule has 0 heterocycles. The fourth-order valence-corrected chi connectivity index (χ4v) is 3.03. The highest BCUT2D eigenvalue weighted by atomic mass is 16.2. The number of benzene rings is 2. The quantitative estimate of drug-likeness (QED) is 0.655. The second kappa shape index (κ2) is 10.5. The zero-order valence-electron chi connectivity index (χ0n) is 17.2. The molecule has 0 fully saturated rings. The number of nitrogens with zero attached hydrogens (tertiary/aromatic N) is 1. The minimum atomic E-state index is -0.557. The molecule has 2 N–H and O–H groups in total. The molecule has 150 valence electrons. The van der Waals surface area contributed by atoms with Gasteiger partial charge in [-0.15, -0.1) is 0 Å². The molecule has 1 unspecified atom stereocenters. The zero-order valence-corrected chi connectivity index (χ0v) is 17.2. The van der Waals surface area contributed by atoms with E-state index in [9.17, 15) is 9.59 Å². The highest BCUT2D eigenvalue weighted by Crippen LogP contribution is 2.11. The third-order valence-corrected chi connectivity index (χ3v) is 4.79. The Balaban J connectivity index is 1.84. The van der Waals surface area contributed by atoms with Gasteiger partial charge in [0.25, 0.3) is 5.91 Å². The van der Waals surface area contributed by atoms with Crippen molar-refractivity contribution in [2.45, 2.75) is 33.2 Å². The zero-order chi connectivity index (χ0) is 20.5. The highest BCUT2D eigenvalue weighted by molar-refractivity contribution is 5.98. The van der Waals surface area contributed by atoms with Gasteiger partial charge in [-0.3, -0.25) is 9.59 Å². The number of hydrogen-bond donors (Lipinski definition) is 2. The number of carbonyl (C=O) groups is 2. The normalized spacial score (nSPS) is 11.8. The Kier molecular flexibility index (Phi) is 8.05. The van der Waals surface area contributed by atoms with Crippen molar-refractivity contribution in [1.82, 2.24) is 10.6 Å². The molecule has 0 saturated carbocycles. The lowest BCUT2D eigenvalue weighted by Crippen LogP contribution is -2.50. The molecular weight excluding hydrogens is 350 g/mol. The summed E-state index contributed by atoms with van der Waals surface area (Å²) in [5, 5.41) is 5.85. The first-order valence-electron chi connectivity index (χ1n) is 9.80. The van der Waals surface area contributed by atoms with E-state index in [1.165, 1.54) is 0 Å². The SMILES string of the molecule is Cc1ccccc1C(=O)NC(C(=O)NCCCN(C)c1ccccc1)C(C)C. The maximum atomic E-state index is 12.6. The van der Waals surface area contributed by atoms with Gasteiger partial charge in [0, 0.05) is 31.4 Å². The third-order valence-electron chi connectivity index (χ3n) is 4.79. The Morgan fingerprint density at radius 1 is 1.00 bits per heavy atom. The smallest absolute Gasteiger partial charge is 0.252 e. The molecule has 0 radical (unpaired) electrons. The number of para-hydroxylation sites is 1. The molecule has 1 atom stereocenters. The van der Waals surface area contributed by atoms with E-state index in [0.29, 0.717) is 12.1 Å². The van der Waals surface area contributed by atoms with Crippen molar-refractivity contribution >= 4 is 17.5 Å². The van der Waals surface area contributed by atoms with Gasteiger partial charge in [-0.25, -0.2) is 0 Å². The van der Waals surface area contributed by atoms with Crippen LogP contribution in [0.3, 0.4) is 0 Å². The molecule has 0 aliphatic carbocycles. The number of anilines is 1. The molecule has 2 amide bonds. The van der Waals surface area contributed by atoms with E-state index in [0.717, 1.165) is 24.2 Å². The van der Waals surface area contributed by atoms with Crippen molar-refractivity contribution in [2.75, 3.05) is 25.0 Å². The number of aryl methyl sites for hydroxylation is 1. The Bertz CT molecular complexity index is 774. The molecule has 0 saturated heterocycles. The van der Waals surface area contributed by atoms with Crippen LogP contribution < -0.4 is 15.5 Å². The number of nitrogens with one attached hydrogen (secondary N) is 2. The van der Waals surface area contributed by atoms with E-state index in [1.807, 2.05) is 64.2 Å². The molecule has 0 bridgehead atoms. The summed E-state index contributed by atoms with van der Waals surface area (Å²) in [5.41, 5.74) is 2.65. The third kappa shape index (κ3) is 6.12. The van der Waals surface area contributed by atoms with Crippen LogP contribution in [0.5, 0.6) is 0 Å². The molecule has 28 heavy (non-hydrogen) atoms. The van der Waals surface area contributed by atoms with Crippen molar-refractivity contribution in [3.63, 3.8) is 0 Å². The second-order valence-electron chi connectivity index (χ2n) is 7.41. The summed E-state index contributed by atoms with van der Waals surface area (Å²) in [5.74, 6) is -0.352. The van der Waals surface area contributed by atoms with E-state index in [-0.39, 0.29) is 17.7 Å². The number of carbonyl (C=O) groups excluding carboxylic acids is 2. The average Bonchev–Trinajstić information content (AvgIpc) is 2.69. The molecule has 2 rings (SSSR count). The molecule has 0 spiro atoms. The number of rotatable bonds is 9. The first kappa shape index (κ1) is 21.5. The van der Waals surface area contributed by atoms with E-state index in [2.05, 4.69) is 27.7 Å². The van der Waals surface area contributed by atoms with Gasteiger partial charge in [-0.05, 0) is 43.0 Å². The summed E-state index contributed by atoms with van der Waals surface area (Å²) in [6.07, 6.45) is 0.827. The molecule has 5 heteroatoms. The number of hydrogen-bond acceptors (Lipinski definition) is 3. The van der Waals surface area contributed by atoms with Crippen LogP contribution in [0, 0.1) is 12.8 Å². The first-order valence-corrected chi connectivity index (χ1v) is 9.80. The van der Waals surface area contributed by atoms with Gasteiger partial charge in [-0.1, -0.05) is 50.2 Å². The Morgan fingerprint density at radius 2 is 1.64 bits per heavy atom. The molecule has 0 aliphatic rings. The van der Waals surface area contributed by atoms with Crippen molar-refractivity contribution in [3.05, 3.63) is 65.7 Å². The predicted molar refractivity (Wildman–Crippen MR) is 115 cm³/mol. The summed E-state index contributed by atoms with van der Waals surface area (Å²) >= 11 is 0. The van der Waals surface area contributed by atoms with Crippen molar-refractivity contribution < 1.29 is 9.59 Å². The van der Waals surface area contributed by atoms with Crippen LogP contribution in [0.15, 0.2) is 54.6 Å². The topological polar surface area (TPSA) is 61.4 Å². The predicted octanol–water partition coefficient (Wildman–Crippen LogP) is 3.39. The number of amides is 2. The van der Waals surface area contributed by atoms with Gasteiger partial charge >= 0.3 is 0 Å². The summed E-state index contributed by atoms with van der Waals surface area (Å²) in [6.45, 7) is 7.17. The molecular formula is C23H31N3O2. The maximum Gasteiger partial charge on any atom is 0.252 e. The minimum Gasteiger partial charge on any atom is -0.375 e. The lowest BCUT2D eigenvalue weighted by molar-refractivity contribution is -0.123. The van der Waals surface area contributed by atoms with Crippen LogP contribution in [0.25, 0.3) is 0 Å². The fourth-order valence-electron chi connectivity index (χ4n) is 3.03. The van der Waals surface area contributed by atoms with Gasteiger partial charge in [0.2, 0.25) is 5.91 Å². The molecule has 0 aliphatic heterocycles. The fraction of sp³-hybridized carbons (Fsp3) is 0.391. The molecule has 0 aromatic heterocycles. The minimum absolute atomic E-state index is 0.0000364. The van der Waals surface area contributed by atoms with Crippen LogP contribution >= 0.6 is 0 Å². The van der Waals surface area contributed by atoms with Crippen LogP contribution in [-0.2, 0) is 4.79 Å². The van der Waals surface area contributed by atoms with Crippen LogP contribution in [0.1, 0.15) is 36.2 Å². The van der Waals surface area contributed by atoms with Crippen LogP contribution in [-0.4, -0.2) is 38.0 Å².